The van der Waals surface area contributed by atoms with Crippen LogP contribution in [-0.4, -0.2) is 51.5 Å². The van der Waals surface area contributed by atoms with Gasteiger partial charge in [0.05, 0.1) is 24.7 Å². The van der Waals surface area contributed by atoms with Crippen LogP contribution in [0.5, 0.6) is 0 Å². The molecule has 2 N–H and O–H groups in total. The summed E-state index contributed by atoms with van der Waals surface area (Å²) in [5.41, 5.74) is 3.19. The van der Waals surface area contributed by atoms with Crippen molar-refractivity contribution < 1.29 is 17.9 Å². The van der Waals surface area contributed by atoms with Gasteiger partial charge in [-0.3, -0.25) is 4.79 Å². The average molecular weight is 432 g/mol. The standard InChI is InChI=1S/C22H29N3O4S/c1-16(2)18-5-8-19(9-6-18)23-15-22(26)24-20-7-4-17(3)21(14-20)30(27,28)25-10-12-29-13-11-25/h4-9,14,16,23H,10-13,15H2,1-3H3,(H,24,26). The summed E-state index contributed by atoms with van der Waals surface area (Å²) in [7, 11) is -3.63. The highest BCUT2D eigenvalue weighted by atomic mass is 32.2. The highest BCUT2D eigenvalue weighted by Gasteiger charge is 2.28. The van der Waals surface area contributed by atoms with E-state index in [-0.39, 0.29) is 17.3 Å². The second-order valence-corrected chi connectivity index (χ2v) is 9.58. The van der Waals surface area contributed by atoms with Crippen LogP contribution in [0.3, 0.4) is 0 Å². The van der Waals surface area contributed by atoms with Crippen LogP contribution in [0, 0.1) is 6.92 Å². The first-order chi connectivity index (χ1) is 14.3. The van der Waals surface area contributed by atoms with Crippen molar-refractivity contribution in [3.63, 3.8) is 0 Å². The molecule has 1 aliphatic rings. The van der Waals surface area contributed by atoms with Crippen molar-refractivity contribution in [1.82, 2.24) is 4.31 Å². The van der Waals surface area contributed by atoms with E-state index in [4.69, 9.17) is 4.74 Å². The quantitative estimate of drug-likeness (QED) is 0.703. The lowest BCUT2D eigenvalue weighted by atomic mass is 10.0. The summed E-state index contributed by atoms with van der Waals surface area (Å²) in [4.78, 5) is 12.6. The molecule has 2 aromatic carbocycles. The third kappa shape index (κ3) is 5.38. The molecule has 1 saturated heterocycles. The molecule has 7 nitrogen and oxygen atoms in total. The SMILES string of the molecule is Cc1ccc(NC(=O)CNc2ccc(C(C)C)cc2)cc1S(=O)(=O)N1CCOCC1. The van der Waals surface area contributed by atoms with Gasteiger partial charge in [-0.05, 0) is 48.2 Å². The van der Waals surface area contributed by atoms with Crippen molar-refractivity contribution in [2.24, 2.45) is 0 Å². The number of nitrogens with zero attached hydrogens (tertiary/aromatic N) is 1. The fourth-order valence-corrected chi connectivity index (χ4v) is 4.91. The van der Waals surface area contributed by atoms with Crippen LogP contribution >= 0.6 is 0 Å². The molecule has 1 fully saturated rings. The van der Waals surface area contributed by atoms with Gasteiger partial charge in [0.15, 0.2) is 0 Å². The van der Waals surface area contributed by atoms with Crippen LogP contribution in [0.25, 0.3) is 0 Å². The van der Waals surface area contributed by atoms with Crippen molar-refractivity contribution >= 4 is 27.3 Å². The first-order valence-corrected chi connectivity index (χ1v) is 11.5. The summed E-state index contributed by atoms with van der Waals surface area (Å²) in [5, 5.41) is 5.86. The van der Waals surface area contributed by atoms with Gasteiger partial charge in [0, 0.05) is 24.5 Å². The van der Waals surface area contributed by atoms with Crippen molar-refractivity contribution in [1.29, 1.82) is 0 Å². The molecule has 1 aliphatic heterocycles. The second-order valence-electron chi connectivity index (χ2n) is 7.68. The number of nitrogens with one attached hydrogen (secondary N) is 2. The molecule has 3 rings (SSSR count). The summed E-state index contributed by atoms with van der Waals surface area (Å²) < 4.78 is 32.6. The van der Waals surface area contributed by atoms with Gasteiger partial charge in [0.1, 0.15) is 0 Å². The maximum atomic E-state index is 13.0. The number of ether oxygens (including phenoxy) is 1. The normalized spacial score (nSPS) is 15.2. The van der Waals surface area contributed by atoms with Crippen LogP contribution in [0.4, 0.5) is 11.4 Å². The summed E-state index contributed by atoms with van der Waals surface area (Å²) in [6.45, 7) is 7.53. The average Bonchev–Trinajstić information content (AvgIpc) is 2.74. The molecule has 0 aliphatic carbocycles. The lowest BCUT2D eigenvalue weighted by Gasteiger charge is -2.26. The van der Waals surface area contributed by atoms with Gasteiger partial charge in [0.25, 0.3) is 0 Å². The highest BCUT2D eigenvalue weighted by molar-refractivity contribution is 7.89. The second kappa shape index (κ2) is 9.59. The minimum absolute atomic E-state index is 0.0838. The predicted octanol–water partition coefficient (Wildman–Crippen LogP) is 3.19. The number of morpholine rings is 1. The van der Waals surface area contributed by atoms with Gasteiger partial charge in [-0.2, -0.15) is 4.31 Å². The van der Waals surface area contributed by atoms with Gasteiger partial charge in [-0.25, -0.2) is 8.42 Å². The number of benzene rings is 2. The molecule has 2 aromatic rings. The molecule has 0 unspecified atom stereocenters. The maximum absolute atomic E-state index is 13.0. The highest BCUT2D eigenvalue weighted by Crippen LogP contribution is 2.24. The van der Waals surface area contributed by atoms with Crippen LogP contribution in [-0.2, 0) is 19.6 Å². The fraction of sp³-hybridized carbons (Fsp3) is 0.409. The Bertz CT molecular complexity index is 982. The molecule has 0 spiro atoms. The Morgan fingerprint density at radius 1 is 1.07 bits per heavy atom. The van der Waals surface area contributed by atoms with Gasteiger partial charge >= 0.3 is 0 Å². The Morgan fingerprint density at radius 3 is 2.33 bits per heavy atom. The van der Waals surface area contributed by atoms with Crippen molar-refractivity contribution in [3.05, 3.63) is 53.6 Å². The number of amides is 1. The van der Waals surface area contributed by atoms with E-state index in [2.05, 4.69) is 24.5 Å². The number of aryl methyl sites for hydroxylation is 1. The van der Waals surface area contributed by atoms with Crippen LogP contribution in [0.2, 0.25) is 0 Å². The van der Waals surface area contributed by atoms with E-state index in [0.29, 0.717) is 43.5 Å². The Balaban J connectivity index is 1.65. The minimum Gasteiger partial charge on any atom is -0.379 e. The van der Waals surface area contributed by atoms with Crippen LogP contribution < -0.4 is 10.6 Å². The number of carbonyl (C=O) groups excluding carboxylic acids is 1. The third-order valence-corrected chi connectivity index (χ3v) is 7.13. The molecule has 1 heterocycles. The Kier molecular flexibility index (Phi) is 7.12. The van der Waals surface area contributed by atoms with Crippen LogP contribution in [0.1, 0.15) is 30.9 Å². The molecular weight excluding hydrogens is 402 g/mol. The van der Waals surface area contributed by atoms with Gasteiger partial charge in [0.2, 0.25) is 15.9 Å². The summed E-state index contributed by atoms with van der Waals surface area (Å²) in [6, 6.07) is 12.9. The molecule has 162 valence electrons. The number of anilines is 2. The Morgan fingerprint density at radius 2 is 1.70 bits per heavy atom. The lowest BCUT2D eigenvalue weighted by molar-refractivity contribution is -0.114. The third-order valence-electron chi connectivity index (χ3n) is 5.09. The zero-order valence-corrected chi connectivity index (χ0v) is 18.5. The monoisotopic (exact) mass is 431 g/mol. The molecule has 0 saturated carbocycles. The molecule has 0 aromatic heterocycles. The van der Waals surface area contributed by atoms with E-state index < -0.39 is 10.0 Å². The van der Waals surface area contributed by atoms with Crippen molar-refractivity contribution in [3.8, 4) is 0 Å². The van der Waals surface area contributed by atoms with E-state index >= 15 is 0 Å². The van der Waals surface area contributed by atoms with Gasteiger partial charge < -0.3 is 15.4 Å². The number of hydrogen-bond acceptors (Lipinski definition) is 5. The first kappa shape index (κ1) is 22.3. The van der Waals surface area contributed by atoms with E-state index in [1.807, 2.05) is 24.3 Å². The summed E-state index contributed by atoms with van der Waals surface area (Å²) in [6.07, 6.45) is 0. The minimum atomic E-state index is -3.63. The molecule has 0 bridgehead atoms. The predicted molar refractivity (Wildman–Crippen MR) is 118 cm³/mol. The van der Waals surface area contributed by atoms with Crippen LogP contribution in [0.15, 0.2) is 47.4 Å². The van der Waals surface area contributed by atoms with E-state index in [9.17, 15) is 13.2 Å². The van der Waals surface area contributed by atoms with Gasteiger partial charge in [-0.15, -0.1) is 0 Å². The fourth-order valence-electron chi connectivity index (χ4n) is 3.26. The molecule has 0 atom stereocenters. The number of sulfonamides is 1. The summed E-state index contributed by atoms with van der Waals surface area (Å²) >= 11 is 0. The van der Waals surface area contributed by atoms with Crippen molar-refractivity contribution in [2.75, 3.05) is 43.5 Å². The zero-order valence-electron chi connectivity index (χ0n) is 17.6. The largest absolute Gasteiger partial charge is 0.379 e. The topological polar surface area (TPSA) is 87.7 Å². The van der Waals surface area contributed by atoms with Crippen molar-refractivity contribution in [2.45, 2.75) is 31.6 Å². The molecule has 8 heteroatoms. The number of rotatable bonds is 7. The van der Waals surface area contributed by atoms with E-state index in [0.717, 1.165) is 5.69 Å². The smallest absolute Gasteiger partial charge is 0.243 e. The molecule has 0 radical (unpaired) electrons. The van der Waals surface area contributed by atoms with E-state index in [1.165, 1.54) is 15.9 Å². The Labute approximate surface area is 178 Å². The molecular formula is C22H29N3O4S. The number of hydrogen-bond donors (Lipinski definition) is 2. The summed E-state index contributed by atoms with van der Waals surface area (Å²) in [5.74, 6) is 0.202. The zero-order chi connectivity index (χ0) is 21.7. The van der Waals surface area contributed by atoms with Gasteiger partial charge in [-0.1, -0.05) is 32.0 Å². The Hall–Kier alpha value is -2.42. The number of carbonyl (C=O) groups is 1. The molecule has 30 heavy (non-hydrogen) atoms. The first-order valence-electron chi connectivity index (χ1n) is 10.1. The molecule has 1 amide bonds. The maximum Gasteiger partial charge on any atom is 0.243 e. The lowest BCUT2D eigenvalue weighted by Crippen LogP contribution is -2.40. The van der Waals surface area contributed by atoms with E-state index in [1.54, 1.807) is 19.1 Å².